The first-order valence-electron chi connectivity index (χ1n) is 27.1. The second kappa shape index (κ2) is 20.4. The SMILES string of the molecule is C#Cc1c(F)ccc2cc(O)cc(-c3ncc4c(N5CC6CCC(C5)N6)nc(OCC5(CN6CCC(N7CCN(Cc8ccc9c(c8)CN(C(=O)c8cc(C(C)C)c(OC)cc8OC)C9)CC7)CC6)CC5)nc4c3F)c12. The van der Waals surface area contributed by atoms with Gasteiger partial charge < -0.3 is 39.3 Å². The number of ether oxygens (including phenoxy) is 3. The molecule has 16 heteroatoms. The van der Waals surface area contributed by atoms with E-state index in [1.165, 1.54) is 41.0 Å². The van der Waals surface area contributed by atoms with E-state index in [1.807, 2.05) is 17.0 Å². The Morgan fingerprint density at radius 1 is 0.882 bits per heavy atom. The van der Waals surface area contributed by atoms with E-state index in [0.717, 1.165) is 102 Å². The van der Waals surface area contributed by atoms with Crippen molar-refractivity contribution in [1.82, 2.24) is 39.9 Å². The molecular formula is C60H67F2N9O5. The Labute approximate surface area is 443 Å². The van der Waals surface area contributed by atoms with E-state index in [-0.39, 0.29) is 51.3 Å². The van der Waals surface area contributed by atoms with Gasteiger partial charge in [0.15, 0.2) is 5.82 Å². The number of carbonyl (C=O) groups excluding carboxylic acids is 1. The summed E-state index contributed by atoms with van der Waals surface area (Å²) >= 11 is 0. The average molecular weight is 1030 g/mol. The molecule has 2 N–H and O–H groups in total. The number of terminal acetylenes is 1. The molecule has 76 heavy (non-hydrogen) atoms. The van der Waals surface area contributed by atoms with Crippen LogP contribution in [0.3, 0.4) is 0 Å². The summed E-state index contributed by atoms with van der Waals surface area (Å²) in [7, 11) is 3.25. The number of fused-ring (bicyclic) bond motifs is 5. The van der Waals surface area contributed by atoms with Crippen LogP contribution < -0.4 is 24.4 Å². The number of piperazine rings is 2. The third-order valence-corrected chi connectivity index (χ3v) is 17.2. The van der Waals surface area contributed by atoms with Crippen LogP contribution in [0, 0.1) is 29.4 Å². The lowest BCUT2D eigenvalue weighted by molar-refractivity contribution is 0.0482. The summed E-state index contributed by atoms with van der Waals surface area (Å²) in [5.74, 6) is 2.97. The maximum absolute atomic E-state index is 17.2. The monoisotopic (exact) mass is 1030 g/mol. The molecule has 5 aliphatic heterocycles. The highest BCUT2D eigenvalue weighted by Gasteiger charge is 2.46. The van der Waals surface area contributed by atoms with Crippen molar-refractivity contribution in [2.24, 2.45) is 5.41 Å². The number of nitrogens with one attached hydrogen (secondary N) is 1. The molecule has 7 heterocycles. The zero-order valence-electron chi connectivity index (χ0n) is 44.0. The Morgan fingerprint density at radius 2 is 1.63 bits per heavy atom. The summed E-state index contributed by atoms with van der Waals surface area (Å²) < 4.78 is 50.1. The van der Waals surface area contributed by atoms with Gasteiger partial charge in [0.25, 0.3) is 5.91 Å². The molecule has 5 fully saturated rings. The number of nitrogens with zero attached hydrogens (tertiary/aromatic N) is 8. The van der Waals surface area contributed by atoms with Crippen molar-refractivity contribution in [3.63, 3.8) is 0 Å². The number of halogens is 2. The van der Waals surface area contributed by atoms with Gasteiger partial charge >= 0.3 is 6.01 Å². The fourth-order valence-electron chi connectivity index (χ4n) is 12.8. The molecule has 6 aromatic rings. The van der Waals surface area contributed by atoms with Crippen molar-refractivity contribution >= 4 is 33.4 Å². The zero-order valence-corrected chi connectivity index (χ0v) is 44.0. The lowest BCUT2D eigenvalue weighted by atomic mass is 9.96. The van der Waals surface area contributed by atoms with E-state index in [0.29, 0.717) is 84.2 Å². The fraction of sp³-hybridized carbons (Fsp3) is 0.467. The summed E-state index contributed by atoms with van der Waals surface area (Å²) in [6.45, 7) is 15.2. The summed E-state index contributed by atoms with van der Waals surface area (Å²) in [4.78, 5) is 40.2. The van der Waals surface area contributed by atoms with Crippen molar-refractivity contribution in [3.8, 4) is 46.9 Å². The number of hydrogen-bond donors (Lipinski definition) is 2. The van der Waals surface area contributed by atoms with Gasteiger partial charge in [-0.1, -0.05) is 44.0 Å². The van der Waals surface area contributed by atoms with Crippen LogP contribution in [0.4, 0.5) is 14.6 Å². The van der Waals surface area contributed by atoms with Crippen LogP contribution in [-0.2, 0) is 19.6 Å². The maximum atomic E-state index is 17.2. The second-order valence-corrected chi connectivity index (χ2v) is 22.5. The van der Waals surface area contributed by atoms with E-state index < -0.39 is 11.6 Å². The number of carbonyl (C=O) groups is 1. The number of pyridine rings is 1. The van der Waals surface area contributed by atoms with E-state index in [1.54, 1.807) is 20.4 Å². The molecule has 0 radical (unpaired) electrons. The topological polar surface area (TPSA) is 132 Å². The fourth-order valence-corrected chi connectivity index (χ4v) is 12.8. The molecule has 4 aromatic carbocycles. The molecule has 1 amide bonds. The van der Waals surface area contributed by atoms with Crippen molar-refractivity contribution in [2.45, 2.75) is 96.1 Å². The normalized spacial score (nSPS) is 20.9. The number of phenols is 1. The molecule has 1 aliphatic carbocycles. The second-order valence-electron chi connectivity index (χ2n) is 22.5. The minimum absolute atomic E-state index is 0.0298. The number of aromatic nitrogens is 3. The van der Waals surface area contributed by atoms with Gasteiger partial charge in [0.2, 0.25) is 0 Å². The first kappa shape index (κ1) is 50.2. The highest BCUT2D eigenvalue weighted by molar-refractivity contribution is 6.03. The van der Waals surface area contributed by atoms with E-state index in [4.69, 9.17) is 30.6 Å². The van der Waals surface area contributed by atoms with E-state index in [2.05, 4.69) is 67.9 Å². The standard InChI is InChI=1S/C60H67F2N9O5/c1-6-45-50(61)12-9-38-24-44(72)25-48(53(38)45)55-54(62)56-49(28-63-55)57(70-32-41-10-11-42(33-70)64-41)66-59(65-56)76-35-60(15-16-60)34-68-17-13-43(14-18-68)69-21-19-67(20-22-69)29-37-7-8-39-30-71(31-40(39)23-37)58(73)47-26-46(36(2)3)51(74-4)27-52(47)75-5/h1,7-9,12,23-28,36,41-43,64,72H,10-11,13-22,29-35H2,2-5H3. The van der Waals surface area contributed by atoms with Crippen LogP contribution in [0.1, 0.15) is 96.5 Å². The molecular weight excluding hydrogens is 965 g/mol. The minimum atomic E-state index is -0.719. The number of piperidine rings is 1. The van der Waals surface area contributed by atoms with E-state index in [9.17, 15) is 9.90 Å². The molecule has 2 bridgehead atoms. The van der Waals surface area contributed by atoms with Gasteiger partial charge in [0.1, 0.15) is 40.1 Å². The molecule has 2 atom stereocenters. The van der Waals surface area contributed by atoms with Crippen molar-refractivity contribution in [3.05, 3.63) is 106 Å². The van der Waals surface area contributed by atoms with Gasteiger partial charge in [-0.3, -0.25) is 19.6 Å². The lowest BCUT2D eigenvalue weighted by Crippen LogP contribution is -2.53. The van der Waals surface area contributed by atoms with Crippen molar-refractivity contribution in [1.29, 1.82) is 0 Å². The molecule has 12 rings (SSSR count). The Morgan fingerprint density at radius 3 is 2.34 bits per heavy atom. The van der Waals surface area contributed by atoms with Gasteiger partial charge in [0, 0.05) is 112 Å². The first-order valence-corrected chi connectivity index (χ1v) is 27.1. The number of phenolic OH excluding ortho intramolecular Hbond substituents is 1. The summed E-state index contributed by atoms with van der Waals surface area (Å²) in [5, 5.41) is 15.6. The van der Waals surface area contributed by atoms with Gasteiger partial charge in [-0.25, -0.2) is 8.78 Å². The molecule has 2 unspecified atom stereocenters. The summed E-state index contributed by atoms with van der Waals surface area (Å²) in [6.07, 6.45) is 13.8. The Bertz CT molecular complexity index is 3260. The maximum Gasteiger partial charge on any atom is 0.319 e. The van der Waals surface area contributed by atoms with Gasteiger partial charge in [-0.2, -0.15) is 9.97 Å². The number of benzene rings is 4. The average Bonchev–Trinajstić information content (AvgIpc) is 4.02. The van der Waals surface area contributed by atoms with Crippen LogP contribution in [0.5, 0.6) is 23.3 Å². The number of likely N-dealkylation sites (tertiary alicyclic amines) is 1. The molecule has 1 saturated carbocycles. The predicted octanol–water partition coefficient (Wildman–Crippen LogP) is 8.49. The predicted molar refractivity (Wildman–Crippen MR) is 289 cm³/mol. The number of aromatic hydroxyl groups is 1. The van der Waals surface area contributed by atoms with Crippen molar-refractivity contribution < 1.29 is 32.9 Å². The first-order chi connectivity index (χ1) is 36.9. The number of amides is 1. The molecule has 14 nitrogen and oxygen atoms in total. The van der Waals surface area contributed by atoms with Gasteiger partial charge in [0.05, 0.1) is 37.3 Å². The van der Waals surface area contributed by atoms with Gasteiger partial charge in [-0.05, 0) is 109 Å². The minimum Gasteiger partial charge on any atom is -0.508 e. The Hall–Kier alpha value is -6.64. The zero-order chi connectivity index (χ0) is 52.4. The quantitative estimate of drug-likeness (QED) is 0.101. The third-order valence-electron chi connectivity index (χ3n) is 17.2. The Kier molecular flexibility index (Phi) is 13.5. The lowest BCUT2D eigenvalue weighted by Gasteiger charge is -2.43. The molecule has 0 spiro atoms. The van der Waals surface area contributed by atoms with Crippen molar-refractivity contribution in [2.75, 3.05) is 84.6 Å². The highest BCUT2D eigenvalue weighted by atomic mass is 19.1. The van der Waals surface area contributed by atoms with Crippen LogP contribution in [0.25, 0.3) is 32.9 Å². The van der Waals surface area contributed by atoms with Crippen LogP contribution in [-0.4, -0.2) is 143 Å². The van der Waals surface area contributed by atoms with Crippen LogP contribution in [0.2, 0.25) is 0 Å². The third kappa shape index (κ3) is 9.65. The summed E-state index contributed by atoms with van der Waals surface area (Å²) in [6, 6.07) is 17.4. The number of anilines is 1. The largest absolute Gasteiger partial charge is 0.508 e. The number of rotatable bonds is 14. The number of methoxy groups -OCH3 is 2. The smallest absolute Gasteiger partial charge is 0.319 e. The molecule has 2 aromatic heterocycles. The van der Waals surface area contributed by atoms with E-state index >= 15 is 8.78 Å². The number of hydrogen-bond acceptors (Lipinski definition) is 13. The molecule has 396 valence electrons. The summed E-state index contributed by atoms with van der Waals surface area (Å²) in [5.41, 5.74) is 5.32. The highest BCUT2D eigenvalue weighted by Crippen LogP contribution is 2.47. The Balaban J connectivity index is 0.666. The molecule has 6 aliphatic rings. The van der Waals surface area contributed by atoms with Crippen LogP contribution in [0.15, 0.2) is 60.8 Å². The van der Waals surface area contributed by atoms with Crippen LogP contribution >= 0.6 is 0 Å². The molecule has 4 saturated heterocycles. The van der Waals surface area contributed by atoms with Gasteiger partial charge in [-0.15, -0.1) is 6.42 Å².